The number of para-hydroxylation sites is 1. The van der Waals surface area contributed by atoms with E-state index in [1.54, 1.807) is 0 Å². The lowest BCUT2D eigenvalue weighted by atomic mass is 9.83. The van der Waals surface area contributed by atoms with E-state index in [0.29, 0.717) is 6.10 Å². The fourth-order valence-electron chi connectivity index (χ4n) is 3.67. The minimum atomic E-state index is 0.208. The Kier molecular flexibility index (Phi) is 4.23. The second-order valence-corrected chi connectivity index (χ2v) is 6.74. The van der Waals surface area contributed by atoms with Gasteiger partial charge in [-0.1, -0.05) is 43.0 Å². The first-order valence-corrected chi connectivity index (χ1v) is 8.23. The number of hydrogen-bond acceptors (Lipinski definition) is 2. The molecule has 1 saturated carbocycles. The topological polar surface area (TPSA) is 21.3 Å². The largest absolute Gasteiger partial charge is 0.381 e. The maximum Gasteiger partial charge on any atom is 0.0756 e. The summed E-state index contributed by atoms with van der Waals surface area (Å²) >= 11 is 6.25. The highest BCUT2D eigenvalue weighted by atomic mass is 35.5. The van der Waals surface area contributed by atoms with Crippen LogP contribution in [0.4, 0.5) is 5.69 Å². The first kappa shape index (κ1) is 14.2. The van der Waals surface area contributed by atoms with Gasteiger partial charge in [0.15, 0.2) is 0 Å². The van der Waals surface area contributed by atoms with E-state index in [0.717, 1.165) is 17.3 Å². The van der Waals surface area contributed by atoms with Crippen molar-refractivity contribution in [2.45, 2.75) is 63.6 Å². The SMILES string of the molecule is Cc1cccc(Cl)c1NCC1CCC2(CCCCC2)O1. The van der Waals surface area contributed by atoms with Crippen LogP contribution in [0.5, 0.6) is 0 Å². The number of ether oxygens (including phenoxy) is 1. The quantitative estimate of drug-likeness (QED) is 0.852. The van der Waals surface area contributed by atoms with Gasteiger partial charge in [0.05, 0.1) is 22.4 Å². The van der Waals surface area contributed by atoms with Crippen LogP contribution >= 0.6 is 11.6 Å². The predicted octanol–water partition coefficient (Wildman–Crippen LogP) is 4.94. The Morgan fingerprint density at radius 2 is 2.05 bits per heavy atom. The molecule has 0 radical (unpaired) electrons. The highest BCUT2D eigenvalue weighted by Gasteiger charge is 2.40. The molecule has 3 rings (SSSR count). The van der Waals surface area contributed by atoms with Crippen molar-refractivity contribution in [1.82, 2.24) is 0 Å². The maximum absolute atomic E-state index is 6.39. The highest BCUT2D eigenvalue weighted by molar-refractivity contribution is 6.33. The summed E-state index contributed by atoms with van der Waals surface area (Å²) in [7, 11) is 0. The molecular formula is C17H24ClNO. The Hall–Kier alpha value is -0.730. The Morgan fingerprint density at radius 3 is 2.80 bits per heavy atom. The lowest BCUT2D eigenvalue weighted by Gasteiger charge is -2.33. The minimum Gasteiger partial charge on any atom is -0.381 e. The van der Waals surface area contributed by atoms with Crippen molar-refractivity contribution in [3.8, 4) is 0 Å². The molecule has 2 aliphatic rings. The first-order chi connectivity index (χ1) is 9.69. The fourth-order valence-corrected chi connectivity index (χ4v) is 3.96. The number of halogens is 1. The van der Waals surface area contributed by atoms with E-state index < -0.39 is 0 Å². The van der Waals surface area contributed by atoms with Crippen molar-refractivity contribution in [2.24, 2.45) is 0 Å². The average molecular weight is 294 g/mol. The highest BCUT2D eigenvalue weighted by Crippen LogP contribution is 2.42. The fraction of sp³-hybridized carbons (Fsp3) is 0.647. The van der Waals surface area contributed by atoms with Gasteiger partial charge in [0.1, 0.15) is 0 Å². The smallest absolute Gasteiger partial charge is 0.0756 e. The zero-order valence-electron chi connectivity index (χ0n) is 12.3. The van der Waals surface area contributed by atoms with Gasteiger partial charge < -0.3 is 10.1 Å². The van der Waals surface area contributed by atoms with E-state index in [1.807, 2.05) is 12.1 Å². The van der Waals surface area contributed by atoms with Crippen LogP contribution in [-0.4, -0.2) is 18.2 Å². The number of aryl methyl sites for hydroxylation is 1. The summed E-state index contributed by atoms with van der Waals surface area (Å²) in [4.78, 5) is 0. The van der Waals surface area contributed by atoms with Crippen LogP contribution in [0.15, 0.2) is 18.2 Å². The van der Waals surface area contributed by atoms with E-state index >= 15 is 0 Å². The maximum atomic E-state index is 6.39. The Balaban J connectivity index is 1.57. The van der Waals surface area contributed by atoms with Gasteiger partial charge in [-0.2, -0.15) is 0 Å². The van der Waals surface area contributed by atoms with E-state index in [1.165, 1.54) is 50.5 Å². The Labute approximate surface area is 126 Å². The van der Waals surface area contributed by atoms with Gasteiger partial charge in [-0.25, -0.2) is 0 Å². The van der Waals surface area contributed by atoms with E-state index in [2.05, 4.69) is 18.3 Å². The molecular weight excluding hydrogens is 270 g/mol. The van der Waals surface area contributed by atoms with E-state index in [9.17, 15) is 0 Å². The Bertz CT molecular complexity index is 448. The number of rotatable bonds is 3. The zero-order valence-corrected chi connectivity index (χ0v) is 13.0. The van der Waals surface area contributed by atoms with Gasteiger partial charge in [0, 0.05) is 6.54 Å². The van der Waals surface area contributed by atoms with Crippen molar-refractivity contribution in [1.29, 1.82) is 0 Å². The summed E-state index contributed by atoms with van der Waals surface area (Å²) in [6, 6.07) is 6.02. The van der Waals surface area contributed by atoms with E-state index in [4.69, 9.17) is 16.3 Å². The van der Waals surface area contributed by atoms with Crippen molar-refractivity contribution >= 4 is 17.3 Å². The molecule has 1 aliphatic carbocycles. The third-order valence-corrected chi connectivity index (χ3v) is 5.15. The van der Waals surface area contributed by atoms with Gasteiger partial charge in [-0.05, 0) is 44.2 Å². The third kappa shape index (κ3) is 2.96. The lowest BCUT2D eigenvalue weighted by molar-refractivity contribution is -0.0588. The normalized spacial score (nSPS) is 25.0. The molecule has 0 amide bonds. The van der Waals surface area contributed by atoms with Crippen LogP contribution in [0.2, 0.25) is 5.02 Å². The van der Waals surface area contributed by atoms with Crippen LogP contribution in [-0.2, 0) is 4.74 Å². The molecule has 20 heavy (non-hydrogen) atoms. The summed E-state index contributed by atoms with van der Waals surface area (Å²) in [5.41, 5.74) is 2.46. The molecule has 1 saturated heterocycles. The predicted molar refractivity (Wildman–Crippen MR) is 84.6 cm³/mol. The summed E-state index contributed by atoms with van der Waals surface area (Å²) < 4.78 is 6.39. The second-order valence-electron chi connectivity index (χ2n) is 6.33. The van der Waals surface area contributed by atoms with Gasteiger partial charge in [-0.3, -0.25) is 0 Å². The number of benzene rings is 1. The molecule has 1 N–H and O–H groups in total. The van der Waals surface area contributed by atoms with Crippen molar-refractivity contribution in [3.63, 3.8) is 0 Å². The molecule has 1 aliphatic heterocycles. The molecule has 2 fully saturated rings. The van der Waals surface area contributed by atoms with Gasteiger partial charge >= 0.3 is 0 Å². The summed E-state index contributed by atoms with van der Waals surface area (Å²) in [5.74, 6) is 0. The summed E-state index contributed by atoms with van der Waals surface area (Å²) in [5, 5.41) is 4.29. The standard InChI is InChI=1S/C17H24ClNO/c1-13-6-5-7-15(18)16(13)19-12-14-8-11-17(20-14)9-3-2-4-10-17/h5-7,14,19H,2-4,8-12H2,1H3. The molecule has 1 heterocycles. The van der Waals surface area contributed by atoms with Gasteiger partial charge in [0.25, 0.3) is 0 Å². The van der Waals surface area contributed by atoms with Crippen LogP contribution < -0.4 is 5.32 Å². The molecule has 1 spiro atoms. The average Bonchev–Trinajstić information content (AvgIpc) is 2.82. The molecule has 0 aromatic heterocycles. The molecule has 1 atom stereocenters. The first-order valence-electron chi connectivity index (χ1n) is 7.85. The number of hydrogen-bond donors (Lipinski definition) is 1. The van der Waals surface area contributed by atoms with Crippen molar-refractivity contribution < 1.29 is 4.74 Å². The van der Waals surface area contributed by atoms with Crippen molar-refractivity contribution in [2.75, 3.05) is 11.9 Å². The molecule has 1 aromatic carbocycles. The third-order valence-electron chi connectivity index (χ3n) is 4.83. The van der Waals surface area contributed by atoms with Gasteiger partial charge in [-0.15, -0.1) is 0 Å². The molecule has 3 heteroatoms. The lowest BCUT2D eigenvalue weighted by Crippen LogP contribution is -2.33. The molecule has 110 valence electrons. The second kappa shape index (κ2) is 5.95. The molecule has 0 bridgehead atoms. The van der Waals surface area contributed by atoms with Crippen LogP contribution in [0.25, 0.3) is 0 Å². The summed E-state index contributed by atoms with van der Waals surface area (Å²) in [6.45, 7) is 2.96. The monoisotopic (exact) mass is 293 g/mol. The number of nitrogens with one attached hydrogen (secondary N) is 1. The van der Waals surface area contributed by atoms with Crippen LogP contribution in [0.3, 0.4) is 0 Å². The van der Waals surface area contributed by atoms with E-state index in [-0.39, 0.29) is 5.60 Å². The van der Waals surface area contributed by atoms with Gasteiger partial charge in [0.2, 0.25) is 0 Å². The molecule has 1 unspecified atom stereocenters. The Morgan fingerprint density at radius 1 is 1.25 bits per heavy atom. The molecule has 2 nitrogen and oxygen atoms in total. The zero-order chi connectivity index (χ0) is 14.0. The van der Waals surface area contributed by atoms with Crippen LogP contribution in [0, 0.1) is 6.92 Å². The van der Waals surface area contributed by atoms with Crippen LogP contribution in [0.1, 0.15) is 50.5 Å². The molecule has 1 aromatic rings. The number of anilines is 1. The summed E-state index contributed by atoms with van der Waals surface area (Å²) in [6.07, 6.45) is 9.32. The van der Waals surface area contributed by atoms with Crippen molar-refractivity contribution in [3.05, 3.63) is 28.8 Å². The minimum absolute atomic E-state index is 0.208.